The summed E-state index contributed by atoms with van der Waals surface area (Å²) in [5.41, 5.74) is 1.74. The van der Waals surface area contributed by atoms with Gasteiger partial charge in [-0.2, -0.15) is 13.2 Å². The number of aromatic nitrogens is 1. The van der Waals surface area contributed by atoms with Gasteiger partial charge in [0.15, 0.2) is 5.11 Å². The van der Waals surface area contributed by atoms with E-state index in [4.69, 9.17) is 12.2 Å². The van der Waals surface area contributed by atoms with Crippen LogP contribution in [0.25, 0.3) is 10.9 Å². The van der Waals surface area contributed by atoms with Crippen LogP contribution in [-0.2, 0) is 12.6 Å². The normalized spacial score (nSPS) is 15.8. The number of piperidine rings is 1. The number of halogens is 3. The van der Waals surface area contributed by atoms with Gasteiger partial charge >= 0.3 is 6.18 Å². The van der Waals surface area contributed by atoms with Gasteiger partial charge in [0.2, 0.25) is 0 Å². The number of H-pyrrole nitrogens is 1. The number of anilines is 1. The lowest BCUT2D eigenvalue weighted by Crippen LogP contribution is -2.46. The molecular formula is C23H25F3N4S. The first-order valence-corrected chi connectivity index (χ1v) is 10.8. The number of aromatic amines is 1. The van der Waals surface area contributed by atoms with Gasteiger partial charge in [0, 0.05) is 42.8 Å². The average Bonchev–Trinajstić information content (AvgIpc) is 3.16. The molecule has 0 spiro atoms. The maximum absolute atomic E-state index is 13.1. The molecule has 31 heavy (non-hydrogen) atoms. The summed E-state index contributed by atoms with van der Waals surface area (Å²) in [4.78, 5) is 5.74. The molecule has 3 N–H and O–H groups in total. The van der Waals surface area contributed by atoms with Crippen molar-refractivity contribution in [2.45, 2.75) is 31.5 Å². The average molecular weight is 447 g/mol. The molecule has 0 bridgehead atoms. The zero-order valence-electron chi connectivity index (χ0n) is 17.0. The topological polar surface area (TPSA) is 43.1 Å². The molecule has 8 heteroatoms. The van der Waals surface area contributed by atoms with E-state index in [1.165, 1.54) is 23.1 Å². The van der Waals surface area contributed by atoms with Crippen molar-refractivity contribution < 1.29 is 13.2 Å². The van der Waals surface area contributed by atoms with Crippen molar-refractivity contribution >= 4 is 33.9 Å². The molecular weight excluding hydrogens is 421 g/mol. The highest BCUT2D eigenvalue weighted by molar-refractivity contribution is 7.80. The van der Waals surface area contributed by atoms with Crippen LogP contribution in [0.3, 0.4) is 0 Å². The Balaban J connectivity index is 1.24. The summed E-state index contributed by atoms with van der Waals surface area (Å²) in [5, 5.41) is 7.40. The van der Waals surface area contributed by atoms with Gasteiger partial charge in [0.1, 0.15) is 0 Å². The minimum absolute atomic E-state index is 0.0244. The van der Waals surface area contributed by atoms with Gasteiger partial charge in [-0.3, -0.25) is 0 Å². The van der Waals surface area contributed by atoms with Gasteiger partial charge in [-0.15, -0.1) is 0 Å². The summed E-state index contributed by atoms with van der Waals surface area (Å²) in [6.45, 7) is 2.85. The molecule has 0 atom stereocenters. The minimum Gasteiger partial charge on any atom is -0.361 e. The Hall–Kier alpha value is -2.58. The highest BCUT2D eigenvalue weighted by Gasteiger charge is 2.33. The molecule has 4 nitrogen and oxygen atoms in total. The van der Waals surface area contributed by atoms with Gasteiger partial charge in [-0.1, -0.05) is 30.3 Å². The Morgan fingerprint density at radius 2 is 1.77 bits per heavy atom. The Kier molecular flexibility index (Phi) is 6.48. The van der Waals surface area contributed by atoms with Crippen LogP contribution in [0.1, 0.15) is 24.0 Å². The molecule has 1 aliphatic heterocycles. The van der Waals surface area contributed by atoms with Crippen LogP contribution < -0.4 is 10.6 Å². The van der Waals surface area contributed by atoms with Crippen LogP contribution >= 0.6 is 12.2 Å². The number of nitrogens with one attached hydrogen (secondary N) is 3. The fourth-order valence-corrected chi connectivity index (χ4v) is 4.38. The molecule has 0 saturated carbocycles. The molecule has 1 fully saturated rings. The largest absolute Gasteiger partial charge is 0.418 e. The second-order valence-electron chi connectivity index (χ2n) is 7.87. The molecule has 4 rings (SSSR count). The van der Waals surface area contributed by atoms with Crippen molar-refractivity contribution in [1.82, 2.24) is 15.2 Å². The highest BCUT2D eigenvalue weighted by Crippen LogP contribution is 2.34. The maximum Gasteiger partial charge on any atom is 0.418 e. The fourth-order valence-electron chi connectivity index (χ4n) is 4.10. The third-order valence-corrected chi connectivity index (χ3v) is 6.00. The van der Waals surface area contributed by atoms with E-state index in [0.717, 1.165) is 50.5 Å². The van der Waals surface area contributed by atoms with Crippen molar-refractivity contribution in [3.63, 3.8) is 0 Å². The molecule has 0 unspecified atom stereocenters. The van der Waals surface area contributed by atoms with E-state index < -0.39 is 11.7 Å². The summed E-state index contributed by atoms with van der Waals surface area (Å²) in [5.74, 6) is 0. The Morgan fingerprint density at radius 3 is 2.55 bits per heavy atom. The molecule has 1 aromatic heterocycles. The number of rotatable bonds is 5. The van der Waals surface area contributed by atoms with E-state index in [1.54, 1.807) is 6.07 Å². The quantitative estimate of drug-likeness (QED) is 0.473. The first-order valence-electron chi connectivity index (χ1n) is 10.4. The van der Waals surface area contributed by atoms with Gasteiger partial charge in [0.25, 0.3) is 0 Å². The monoisotopic (exact) mass is 446 g/mol. The van der Waals surface area contributed by atoms with Crippen molar-refractivity contribution in [2.24, 2.45) is 0 Å². The summed E-state index contributed by atoms with van der Waals surface area (Å²) in [6, 6.07) is 13.8. The molecule has 0 radical (unpaired) electrons. The predicted molar refractivity (Wildman–Crippen MR) is 122 cm³/mol. The second kappa shape index (κ2) is 9.28. The molecule has 1 saturated heterocycles. The van der Waals surface area contributed by atoms with E-state index >= 15 is 0 Å². The smallest absolute Gasteiger partial charge is 0.361 e. The van der Waals surface area contributed by atoms with Gasteiger partial charge < -0.3 is 20.5 Å². The number of likely N-dealkylation sites (tertiary alicyclic amines) is 1. The lowest BCUT2D eigenvalue weighted by atomic mass is 10.0. The van der Waals surface area contributed by atoms with Crippen LogP contribution in [0.4, 0.5) is 18.9 Å². The summed E-state index contributed by atoms with van der Waals surface area (Å²) < 4.78 is 39.4. The van der Waals surface area contributed by atoms with Crippen molar-refractivity contribution in [2.75, 3.05) is 25.0 Å². The second-order valence-corrected chi connectivity index (χ2v) is 8.28. The molecule has 2 aromatic carbocycles. The maximum atomic E-state index is 13.1. The molecule has 2 heterocycles. The van der Waals surface area contributed by atoms with Crippen LogP contribution in [0, 0.1) is 0 Å². The van der Waals surface area contributed by atoms with Gasteiger partial charge in [-0.05, 0) is 55.2 Å². The lowest BCUT2D eigenvalue weighted by molar-refractivity contribution is -0.136. The van der Waals surface area contributed by atoms with Crippen LogP contribution in [0.5, 0.6) is 0 Å². The van der Waals surface area contributed by atoms with E-state index in [1.807, 2.05) is 6.07 Å². The number of benzene rings is 2. The number of nitrogens with zero attached hydrogens (tertiary/aromatic N) is 1. The summed E-state index contributed by atoms with van der Waals surface area (Å²) >= 11 is 5.27. The standard InChI is InChI=1S/C23H25F3N4S/c24-23(25,26)19-6-2-4-8-21(19)29-22(31)28-17-10-13-30(14-11-17)12-9-16-15-27-20-7-3-1-5-18(16)20/h1-8,15,17,27H,9-14H2,(H2,28,29,31). The summed E-state index contributed by atoms with van der Waals surface area (Å²) in [7, 11) is 0. The minimum atomic E-state index is -4.42. The number of thiocarbonyl (C=S) groups is 1. The first kappa shape index (κ1) is 21.6. The predicted octanol–water partition coefficient (Wildman–Crippen LogP) is 5.18. The van der Waals surface area contributed by atoms with E-state index in [9.17, 15) is 13.2 Å². The summed E-state index contributed by atoms with van der Waals surface area (Å²) in [6.07, 6.45) is 0.445. The number of fused-ring (bicyclic) bond motifs is 1. The van der Waals surface area contributed by atoms with E-state index in [2.05, 4.69) is 44.9 Å². The van der Waals surface area contributed by atoms with Crippen LogP contribution in [0.2, 0.25) is 0 Å². The first-order chi connectivity index (χ1) is 14.9. The molecule has 164 valence electrons. The Morgan fingerprint density at radius 1 is 1.06 bits per heavy atom. The number of hydrogen-bond acceptors (Lipinski definition) is 2. The molecule has 0 amide bonds. The Labute approximate surface area is 184 Å². The number of hydrogen-bond donors (Lipinski definition) is 3. The third kappa shape index (κ3) is 5.37. The molecule has 0 aliphatic carbocycles. The highest BCUT2D eigenvalue weighted by atomic mass is 32.1. The number of alkyl halides is 3. The SMILES string of the molecule is FC(F)(F)c1ccccc1NC(=S)NC1CCN(CCc2c[nH]c3ccccc23)CC1. The van der Waals surface area contributed by atoms with E-state index in [0.29, 0.717) is 0 Å². The molecule has 1 aliphatic rings. The molecule has 3 aromatic rings. The third-order valence-electron chi connectivity index (χ3n) is 5.78. The fraction of sp³-hybridized carbons (Fsp3) is 0.348. The van der Waals surface area contributed by atoms with Crippen molar-refractivity contribution in [1.29, 1.82) is 0 Å². The van der Waals surface area contributed by atoms with Crippen LogP contribution in [-0.4, -0.2) is 40.7 Å². The van der Waals surface area contributed by atoms with Gasteiger partial charge in [-0.25, -0.2) is 0 Å². The Bertz CT molecular complexity index is 1040. The van der Waals surface area contributed by atoms with Crippen LogP contribution in [0.15, 0.2) is 54.7 Å². The number of para-hydroxylation sites is 2. The van der Waals surface area contributed by atoms with Crippen molar-refractivity contribution in [3.8, 4) is 0 Å². The van der Waals surface area contributed by atoms with Crippen molar-refractivity contribution in [3.05, 3.63) is 65.9 Å². The van der Waals surface area contributed by atoms with Gasteiger partial charge in [0.05, 0.1) is 11.3 Å². The van der Waals surface area contributed by atoms with E-state index in [-0.39, 0.29) is 16.8 Å². The zero-order valence-corrected chi connectivity index (χ0v) is 17.8. The lowest BCUT2D eigenvalue weighted by Gasteiger charge is -2.33. The zero-order chi connectivity index (χ0) is 21.8.